The maximum absolute atomic E-state index is 13.6. The van der Waals surface area contributed by atoms with E-state index in [9.17, 15) is 18.0 Å². The summed E-state index contributed by atoms with van der Waals surface area (Å²) < 4.78 is 27.3. The van der Waals surface area contributed by atoms with E-state index in [0.717, 1.165) is 37.0 Å². The van der Waals surface area contributed by atoms with Crippen LogP contribution in [0.1, 0.15) is 51.4 Å². The number of amides is 2. The molecule has 2 heterocycles. The molecule has 1 aromatic carbocycles. The molecule has 7 rings (SSSR count). The van der Waals surface area contributed by atoms with Crippen molar-refractivity contribution in [2.45, 2.75) is 56.3 Å². The molecule has 0 aromatic heterocycles. The first-order chi connectivity index (χ1) is 16.8. The molecule has 0 radical (unpaired) electrons. The molecule has 0 atom stereocenters. The van der Waals surface area contributed by atoms with Crippen molar-refractivity contribution in [2.75, 3.05) is 39.3 Å². The molecule has 2 saturated heterocycles. The molecular weight excluding hydrogens is 462 g/mol. The second-order valence-electron chi connectivity index (χ2n) is 11.8. The highest BCUT2D eigenvalue weighted by atomic mass is 32.2. The van der Waals surface area contributed by atoms with Gasteiger partial charge in [0.2, 0.25) is 21.8 Å². The monoisotopic (exact) mass is 499 g/mol. The first kappa shape index (κ1) is 23.5. The van der Waals surface area contributed by atoms with Gasteiger partial charge in [-0.2, -0.15) is 4.31 Å². The number of piperazine rings is 1. The second-order valence-corrected chi connectivity index (χ2v) is 13.7. The van der Waals surface area contributed by atoms with Crippen LogP contribution in [-0.4, -0.2) is 73.6 Å². The van der Waals surface area contributed by atoms with E-state index in [-0.39, 0.29) is 17.2 Å². The summed E-state index contributed by atoms with van der Waals surface area (Å²) in [6, 6.07) is 8.52. The summed E-state index contributed by atoms with van der Waals surface area (Å²) in [7, 11) is -3.51. The van der Waals surface area contributed by atoms with Gasteiger partial charge in [-0.1, -0.05) is 18.2 Å². The van der Waals surface area contributed by atoms with Crippen LogP contribution in [0.25, 0.3) is 0 Å². The highest BCUT2D eigenvalue weighted by molar-refractivity contribution is 7.89. The van der Waals surface area contributed by atoms with Crippen molar-refractivity contribution < 1.29 is 18.0 Å². The zero-order chi connectivity index (χ0) is 24.2. The molecule has 4 aliphatic carbocycles. The fraction of sp³-hybridized carbons (Fsp3) is 0.704. The third kappa shape index (κ3) is 4.20. The van der Waals surface area contributed by atoms with Crippen molar-refractivity contribution >= 4 is 21.8 Å². The second kappa shape index (κ2) is 8.87. The predicted octanol–water partition coefficient (Wildman–Crippen LogP) is 2.97. The maximum atomic E-state index is 13.6. The Bertz CT molecular complexity index is 1040. The molecular formula is C27H37N3O4S. The van der Waals surface area contributed by atoms with E-state index in [0.29, 0.717) is 62.9 Å². The Morgan fingerprint density at radius 3 is 1.80 bits per heavy atom. The van der Waals surface area contributed by atoms with Crippen LogP contribution >= 0.6 is 0 Å². The Hall–Kier alpha value is -1.93. The Morgan fingerprint density at radius 1 is 0.743 bits per heavy atom. The van der Waals surface area contributed by atoms with Gasteiger partial charge in [0, 0.05) is 45.2 Å². The van der Waals surface area contributed by atoms with Gasteiger partial charge in [-0.15, -0.1) is 0 Å². The average Bonchev–Trinajstić information content (AvgIpc) is 2.88. The minimum Gasteiger partial charge on any atom is -0.339 e. The van der Waals surface area contributed by atoms with E-state index >= 15 is 0 Å². The molecule has 7 nitrogen and oxygen atoms in total. The highest BCUT2D eigenvalue weighted by Gasteiger charge is 2.55. The summed E-state index contributed by atoms with van der Waals surface area (Å²) in [5.41, 5.74) is -0.113. The summed E-state index contributed by atoms with van der Waals surface area (Å²) in [5, 5.41) is 0. The van der Waals surface area contributed by atoms with Gasteiger partial charge in [0.15, 0.2) is 0 Å². The molecule has 6 aliphatic rings. The summed E-state index contributed by atoms with van der Waals surface area (Å²) in [6.45, 7) is 3.20. The number of piperidine rings is 1. The molecule has 8 heteroatoms. The molecule has 2 aliphatic heterocycles. The Kier molecular flexibility index (Phi) is 5.95. The van der Waals surface area contributed by atoms with Crippen LogP contribution in [0.15, 0.2) is 35.2 Å². The van der Waals surface area contributed by atoms with Crippen LogP contribution in [0, 0.1) is 29.1 Å². The fourth-order valence-electron chi connectivity index (χ4n) is 8.18. The fourth-order valence-corrected chi connectivity index (χ4v) is 9.67. The molecule has 4 bridgehead atoms. The number of carbonyl (C=O) groups is 2. The van der Waals surface area contributed by atoms with Crippen molar-refractivity contribution in [2.24, 2.45) is 29.1 Å². The highest BCUT2D eigenvalue weighted by Crippen LogP contribution is 2.60. The van der Waals surface area contributed by atoms with Crippen LogP contribution < -0.4 is 0 Å². The number of sulfonamides is 1. The molecule has 0 N–H and O–H groups in total. The zero-order valence-corrected chi connectivity index (χ0v) is 21.3. The third-order valence-electron chi connectivity index (χ3n) is 9.55. The lowest BCUT2D eigenvalue weighted by atomic mass is 9.49. The van der Waals surface area contributed by atoms with E-state index in [4.69, 9.17) is 0 Å². The van der Waals surface area contributed by atoms with Gasteiger partial charge in [-0.25, -0.2) is 8.42 Å². The topological polar surface area (TPSA) is 78.0 Å². The lowest BCUT2D eigenvalue weighted by Crippen LogP contribution is -2.59. The number of carbonyl (C=O) groups excluding carboxylic acids is 2. The van der Waals surface area contributed by atoms with E-state index in [1.54, 1.807) is 30.3 Å². The summed E-state index contributed by atoms with van der Waals surface area (Å²) in [5.74, 6) is 2.62. The van der Waals surface area contributed by atoms with Gasteiger partial charge < -0.3 is 9.80 Å². The van der Waals surface area contributed by atoms with Gasteiger partial charge in [0.1, 0.15) is 0 Å². The van der Waals surface area contributed by atoms with Crippen LogP contribution in [0.4, 0.5) is 0 Å². The van der Waals surface area contributed by atoms with Crippen molar-refractivity contribution in [3.05, 3.63) is 30.3 Å². The Balaban J connectivity index is 1.02. The number of benzene rings is 1. The summed E-state index contributed by atoms with van der Waals surface area (Å²) >= 11 is 0. The molecule has 2 amide bonds. The smallest absolute Gasteiger partial charge is 0.243 e. The molecule has 4 saturated carbocycles. The van der Waals surface area contributed by atoms with Gasteiger partial charge in [0.05, 0.1) is 10.3 Å². The molecule has 0 unspecified atom stereocenters. The predicted molar refractivity (Wildman–Crippen MR) is 132 cm³/mol. The van der Waals surface area contributed by atoms with E-state index in [2.05, 4.69) is 0 Å². The minimum absolute atomic E-state index is 0.113. The first-order valence-corrected chi connectivity index (χ1v) is 14.9. The van der Waals surface area contributed by atoms with Crippen LogP contribution in [0.5, 0.6) is 0 Å². The standard InChI is InChI=1S/C27H37N3O4S/c31-25(23-6-8-30(9-7-23)35(33,34)24-4-2-1-3-5-24)28-10-12-29(13-11-28)26(32)27-17-20-14-21(18-27)16-22(15-20)19-27/h1-5,20-23H,6-19H2. The molecule has 6 fully saturated rings. The van der Waals surface area contributed by atoms with Gasteiger partial charge >= 0.3 is 0 Å². The minimum atomic E-state index is -3.51. The van der Waals surface area contributed by atoms with Crippen molar-refractivity contribution in [3.63, 3.8) is 0 Å². The van der Waals surface area contributed by atoms with Crippen molar-refractivity contribution in [3.8, 4) is 0 Å². The third-order valence-corrected chi connectivity index (χ3v) is 11.5. The SMILES string of the molecule is O=C(C1CCN(S(=O)(=O)c2ccccc2)CC1)N1CCN(C(=O)C23CC4CC(CC(C4)C2)C3)CC1. The zero-order valence-electron chi connectivity index (χ0n) is 20.5. The number of hydrogen-bond acceptors (Lipinski definition) is 4. The first-order valence-electron chi connectivity index (χ1n) is 13.5. The van der Waals surface area contributed by atoms with Gasteiger partial charge in [-0.05, 0) is 81.3 Å². The Labute approximate surface area is 208 Å². The van der Waals surface area contributed by atoms with Crippen molar-refractivity contribution in [1.29, 1.82) is 0 Å². The number of nitrogens with zero attached hydrogens (tertiary/aromatic N) is 3. The lowest BCUT2D eigenvalue weighted by molar-refractivity contribution is -0.161. The number of hydrogen-bond donors (Lipinski definition) is 0. The molecule has 35 heavy (non-hydrogen) atoms. The average molecular weight is 500 g/mol. The van der Waals surface area contributed by atoms with Crippen LogP contribution in [0.3, 0.4) is 0 Å². The van der Waals surface area contributed by atoms with E-state index < -0.39 is 10.0 Å². The van der Waals surface area contributed by atoms with Crippen molar-refractivity contribution in [1.82, 2.24) is 14.1 Å². The maximum Gasteiger partial charge on any atom is 0.243 e. The summed E-state index contributed by atoms with van der Waals surface area (Å²) in [6.07, 6.45) is 8.36. The molecule has 0 spiro atoms. The van der Waals surface area contributed by atoms with E-state index in [1.807, 2.05) is 9.80 Å². The van der Waals surface area contributed by atoms with E-state index in [1.165, 1.54) is 23.6 Å². The van der Waals surface area contributed by atoms with Crippen LogP contribution in [-0.2, 0) is 19.6 Å². The normalized spacial score (nSPS) is 33.8. The quantitative estimate of drug-likeness (QED) is 0.638. The molecule has 1 aromatic rings. The number of rotatable bonds is 4. The van der Waals surface area contributed by atoms with Gasteiger partial charge in [-0.3, -0.25) is 9.59 Å². The lowest BCUT2D eigenvalue weighted by Gasteiger charge is -2.57. The largest absolute Gasteiger partial charge is 0.339 e. The Morgan fingerprint density at radius 2 is 1.26 bits per heavy atom. The van der Waals surface area contributed by atoms with Gasteiger partial charge in [0.25, 0.3) is 0 Å². The summed E-state index contributed by atoms with van der Waals surface area (Å²) in [4.78, 5) is 31.1. The van der Waals surface area contributed by atoms with Crippen LogP contribution in [0.2, 0.25) is 0 Å². The molecule has 190 valence electrons.